The third kappa shape index (κ3) is 110. The van der Waals surface area contributed by atoms with Crippen LogP contribution in [-0.4, -0.2) is 0 Å². The lowest BCUT2D eigenvalue weighted by molar-refractivity contribution is -0.697. The van der Waals surface area contributed by atoms with E-state index in [9.17, 15) is 0 Å². The second kappa shape index (κ2) is 117. The first kappa shape index (κ1) is 142. The molecule has 0 N–H and O–H groups in total. The fraction of sp³-hybridized carbons (Fsp3) is 0.615. The highest BCUT2D eigenvalue weighted by atomic mass is 31.2. The van der Waals surface area contributed by atoms with Crippen LogP contribution < -0.4 is 84.0 Å². The maximum absolute atomic E-state index is 8.55. The molecule has 0 aliphatic carbocycles. The highest BCUT2D eigenvalue weighted by Gasteiger charge is 2.06. The Kier molecular flexibility index (Phi) is 121. The minimum atomic E-state index is -5.39. The van der Waals surface area contributed by atoms with E-state index < -0.39 is 7.82 Å². The van der Waals surface area contributed by atoms with Crippen molar-refractivity contribution in [1.82, 2.24) is 0 Å². The zero-order valence-electron chi connectivity index (χ0n) is 87.9. The van der Waals surface area contributed by atoms with Crippen LogP contribution in [0, 0.1) is 0 Å². The first-order valence-electron chi connectivity index (χ1n) is 53.6. The molecule has 9 rings (SSSR count). The Morgan fingerprint density at radius 3 is 0.270 bits per heavy atom. The van der Waals surface area contributed by atoms with Crippen molar-refractivity contribution in [1.29, 1.82) is 0 Å². The summed E-state index contributed by atoms with van der Waals surface area (Å²) in [7, 11) is -5.39. The predicted octanol–water partition coefficient (Wildman–Crippen LogP) is 9.21. The average Bonchev–Trinajstić information content (AvgIpc) is 1.01. The molecular weight excluding hydrogens is 1740 g/mol. The van der Waals surface area contributed by atoms with Crippen molar-refractivity contribution in [3.05, 3.63) is 275 Å². The van der Waals surface area contributed by atoms with Crippen molar-refractivity contribution in [3.63, 3.8) is 0 Å². The van der Waals surface area contributed by atoms with Crippen LogP contribution in [0.2, 0.25) is 0 Å². The topological polar surface area (TPSA) is 121 Å². The first-order chi connectivity index (χ1) is 64.4. The SMILES string of the molecule is CCCCCCCC[n+]1ccccc1.CCCCCCCC[n+]1ccccc1.CCCCCCCC[n+]1ccccc1.CCCCCCCC[n+]1ccccc1.CCCCCCCC[n+]1ccccc1.CCCCCCCC[n+]1ccccc1.CCCCCCCC[n+]1ccccc1.CCCCCCCC[n+]1ccccc1.CCCCCCCC[n+]1ccccc1.O=P([O-])([O-])[O-].[F-].[F-].[F-].[F-].[F-].[F-]. The Labute approximate surface area is 834 Å². The van der Waals surface area contributed by atoms with E-state index >= 15 is 0 Å². The molecule has 9 aromatic heterocycles. The molecule has 0 saturated carbocycles. The number of rotatable bonds is 63. The molecule has 0 amide bonds. The molecule has 137 heavy (non-hydrogen) atoms. The van der Waals surface area contributed by atoms with Gasteiger partial charge in [-0.1, -0.05) is 348 Å². The van der Waals surface area contributed by atoms with Crippen molar-refractivity contribution >= 4 is 7.82 Å². The van der Waals surface area contributed by atoms with E-state index in [1.165, 1.54) is 406 Å². The van der Waals surface area contributed by atoms with E-state index in [4.69, 9.17) is 19.2 Å². The molecular formula is C117H198F6N9O4P. The van der Waals surface area contributed by atoms with Crippen LogP contribution in [0.15, 0.2) is 275 Å². The summed E-state index contributed by atoms with van der Waals surface area (Å²) in [5.41, 5.74) is 0. The molecule has 20 heteroatoms. The Hall–Kier alpha value is -7.96. The van der Waals surface area contributed by atoms with Gasteiger partial charge in [0.05, 0.1) is 0 Å². The lowest BCUT2D eigenvalue weighted by atomic mass is 10.1. The third-order valence-corrected chi connectivity index (χ3v) is 22.9. The molecule has 0 aliphatic heterocycles. The summed E-state index contributed by atoms with van der Waals surface area (Å²) in [5.74, 6) is 0. The van der Waals surface area contributed by atoms with Crippen LogP contribution in [0.1, 0.15) is 409 Å². The number of halogens is 6. The molecule has 0 atom stereocenters. The number of aromatic nitrogens is 9. The Morgan fingerprint density at radius 1 is 0.131 bits per heavy atom. The zero-order valence-corrected chi connectivity index (χ0v) is 88.8. The summed E-state index contributed by atoms with van der Waals surface area (Å²) in [6, 6.07) is 56.3. The summed E-state index contributed by atoms with van der Waals surface area (Å²) in [6.07, 6.45) is 113. The Balaban J connectivity index is -0.000000274. The lowest BCUT2D eigenvalue weighted by Gasteiger charge is -2.36. The quantitative estimate of drug-likeness (QED) is 0.0163. The Bertz CT molecular complexity index is 2930. The molecule has 0 fully saturated rings. The van der Waals surface area contributed by atoms with E-state index in [-0.39, 0.29) is 28.2 Å². The average molecular weight is 1940 g/mol. The summed E-state index contributed by atoms with van der Waals surface area (Å²) >= 11 is 0. The van der Waals surface area contributed by atoms with Gasteiger partial charge in [0.25, 0.3) is 0 Å². The van der Waals surface area contributed by atoms with Crippen LogP contribution >= 0.6 is 7.82 Å². The molecule has 0 radical (unpaired) electrons. The number of hydrogen-bond donors (Lipinski definition) is 0. The summed E-state index contributed by atoms with van der Waals surface area (Å²) in [5, 5.41) is 0. The van der Waals surface area contributed by atoms with Gasteiger partial charge in [0.1, 0.15) is 58.9 Å². The molecule has 0 aliphatic rings. The van der Waals surface area contributed by atoms with Crippen LogP contribution in [0.4, 0.5) is 0 Å². The van der Waals surface area contributed by atoms with E-state index in [1.54, 1.807) is 0 Å². The molecule has 0 aromatic carbocycles. The second-order valence-corrected chi connectivity index (χ2v) is 36.3. The molecule has 0 saturated heterocycles. The normalized spacial score (nSPS) is 9.96. The highest BCUT2D eigenvalue weighted by Crippen LogP contribution is 2.12. The molecule has 0 spiro atoms. The fourth-order valence-corrected chi connectivity index (χ4v) is 14.9. The van der Waals surface area contributed by atoms with Crippen LogP contribution in [-0.2, 0) is 63.5 Å². The van der Waals surface area contributed by atoms with Crippen molar-refractivity contribution in [2.75, 3.05) is 0 Å². The van der Waals surface area contributed by atoms with Gasteiger partial charge in [-0.05, 0) is 57.8 Å². The number of hydrogen-bond acceptors (Lipinski definition) is 4. The van der Waals surface area contributed by atoms with Crippen molar-refractivity contribution in [2.24, 2.45) is 0 Å². The first-order valence-corrected chi connectivity index (χ1v) is 55.0. The zero-order chi connectivity index (χ0) is 95.1. The molecule has 13 nitrogen and oxygen atoms in total. The van der Waals surface area contributed by atoms with Gasteiger partial charge in [0.15, 0.2) is 112 Å². The van der Waals surface area contributed by atoms with Crippen molar-refractivity contribution in [2.45, 2.75) is 468 Å². The molecule has 0 bridgehead atoms. The van der Waals surface area contributed by atoms with E-state index in [2.05, 4.69) is 379 Å². The van der Waals surface area contributed by atoms with Gasteiger partial charge >= 0.3 is 0 Å². The fourth-order valence-electron chi connectivity index (χ4n) is 14.9. The summed E-state index contributed by atoms with van der Waals surface area (Å²) in [6.45, 7) is 30.9. The van der Waals surface area contributed by atoms with Gasteiger partial charge in [-0.2, -0.15) is 7.82 Å². The number of nitrogens with zero attached hydrogens (tertiary/aromatic N) is 9. The van der Waals surface area contributed by atoms with Gasteiger partial charge in [0.2, 0.25) is 0 Å². The number of pyridine rings is 9. The van der Waals surface area contributed by atoms with E-state index in [1.807, 2.05) is 0 Å². The van der Waals surface area contributed by atoms with Crippen molar-refractivity contribution < 1.29 is 88.6 Å². The third-order valence-electron chi connectivity index (χ3n) is 22.9. The smallest absolute Gasteiger partial charge is 0.168 e. The summed E-state index contributed by atoms with van der Waals surface area (Å²) in [4.78, 5) is 25.6. The van der Waals surface area contributed by atoms with Gasteiger partial charge < -0.3 is 47.5 Å². The number of unbranched alkanes of at least 4 members (excludes halogenated alkanes) is 45. The van der Waals surface area contributed by atoms with Gasteiger partial charge in [-0.3, -0.25) is 0 Å². The highest BCUT2D eigenvalue weighted by molar-refractivity contribution is 7.40. The minimum Gasteiger partial charge on any atom is -1.00 e. The number of aryl methyl sites for hydroxylation is 9. The van der Waals surface area contributed by atoms with Gasteiger partial charge in [-0.25, -0.2) is 41.1 Å². The van der Waals surface area contributed by atoms with E-state index in [0.29, 0.717) is 0 Å². The molecule has 782 valence electrons. The Morgan fingerprint density at radius 2 is 0.197 bits per heavy atom. The van der Waals surface area contributed by atoms with Crippen LogP contribution in [0.3, 0.4) is 0 Å². The largest absolute Gasteiger partial charge is 1.00 e. The monoisotopic (exact) mass is 1940 g/mol. The summed E-state index contributed by atoms with van der Waals surface area (Å²) < 4.78 is 28.9. The maximum atomic E-state index is 8.55. The molecule has 9 heterocycles. The minimum absolute atomic E-state index is 0. The standard InChI is InChI=1S/9C13H22N.6FH.H3O4P/c9*1-2-3-4-5-6-8-11-14-12-9-7-10-13-14;;;;;;;1-5(2,3)4/h9*7,9-10,12-13H,2-6,8,11H2,1H3;6*1H;(H3,1,2,3,4)/q9*+1;;;;;;;/p-9. The maximum Gasteiger partial charge on any atom is 0.168 e. The van der Waals surface area contributed by atoms with Gasteiger partial charge in [0, 0.05) is 167 Å². The second-order valence-electron chi connectivity index (χ2n) is 35.4. The van der Waals surface area contributed by atoms with Crippen LogP contribution in [0.5, 0.6) is 0 Å². The predicted molar refractivity (Wildman–Crippen MR) is 548 cm³/mol. The van der Waals surface area contributed by atoms with Crippen LogP contribution in [0.25, 0.3) is 0 Å². The van der Waals surface area contributed by atoms with E-state index in [0.717, 1.165) is 0 Å². The molecule has 9 aromatic rings. The number of phosphoric acid groups is 1. The molecule has 0 unspecified atom stereocenters. The lowest BCUT2D eigenvalue weighted by Crippen LogP contribution is -3.00. The van der Waals surface area contributed by atoms with Crippen molar-refractivity contribution in [3.8, 4) is 0 Å². The van der Waals surface area contributed by atoms with Gasteiger partial charge in [-0.15, -0.1) is 0 Å².